The first-order valence-corrected chi connectivity index (χ1v) is 9.32. The highest BCUT2D eigenvalue weighted by atomic mass is 32.2. The summed E-state index contributed by atoms with van der Waals surface area (Å²) in [5.74, 6) is 0.572. The zero-order valence-electron chi connectivity index (χ0n) is 13.2. The molecule has 1 aromatic heterocycles. The molecule has 0 aliphatic carbocycles. The molecule has 0 saturated carbocycles. The predicted octanol–water partition coefficient (Wildman–Crippen LogP) is 2.07. The average molecular weight is 378 g/mol. The van der Waals surface area contributed by atoms with Crippen LogP contribution in [0, 0.1) is 10.1 Å². The Labute approximate surface area is 151 Å². The first-order valence-electron chi connectivity index (χ1n) is 7.35. The van der Waals surface area contributed by atoms with E-state index >= 15 is 0 Å². The Morgan fingerprint density at radius 3 is 3.08 bits per heavy atom. The zero-order valence-corrected chi connectivity index (χ0v) is 14.9. The Morgan fingerprint density at radius 2 is 2.32 bits per heavy atom. The number of nitrogens with one attached hydrogen (secondary N) is 1. The van der Waals surface area contributed by atoms with E-state index in [1.54, 1.807) is 13.1 Å². The number of anilines is 1. The lowest BCUT2D eigenvalue weighted by molar-refractivity contribution is -0.384. The van der Waals surface area contributed by atoms with Crippen LogP contribution in [0.1, 0.15) is 5.69 Å². The Hall–Kier alpha value is -2.33. The Kier molecular flexibility index (Phi) is 5.09. The summed E-state index contributed by atoms with van der Waals surface area (Å²) in [6, 6.07) is 5.73. The van der Waals surface area contributed by atoms with Crippen LogP contribution < -0.4 is 10.9 Å². The second kappa shape index (κ2) is 7.28. The second-order valence-corrected chi connectivity index (χ2v) is 7.32. The third-order valence-corrected chi connectivity index (χ3v) is 5.67. The van der Waals surface area contributed by atoms with Crippen LogP contribution in [-0.4, -0.2) is 31.9 Å². The Bertz CT molecular complexity index is 913. The van der Waals surface area contributed by atoms with Gasteiger partial charge in [-0.3, -0.25) is 24.3 Å². The molecule has 130 valence electrons. The number of nitro benzene ring substituents is 1. The van der Waals surface area contributed by atoms with Crippen molar-refractivity contribution in [2.75, 3.05) is 16.8 Å². The molecule has 10 heteroatoms. The van der Waals surface area contributed by atoms with Gasteiger partial charge in [0.1, 0.15) is 0 Å². The van der Waals surface area contributed by atoms with Gasteiger partial charge in [-0.1, -0.05) is 17.8 Å². The fourth-order valence-electron chi connectivity index (χ4n) is 2.32. The van der Waals surface area contributed by atoms with Crippen molar-refractivity contribution in [3.8, 4) is 0 Å². The number of non-ortho nitro benzene ring substituents is 1. The van der Waals surface area contributed by atoms with E-state index in [1.807, 2.05) is 0 Å². The van der Waals surface area contributed by atoms with E-state index in [4.69, 9.17) is 0 Å². The van der Waals surface area contributed by atoms with Crippen molar-refractivity contribution >= 4 is 40.8 Å². The van der Waals surface area contributed by atoms with Gasteiger partial charge in [-0.15, -0.1) is 11.8 Å². The van der Waals surface area contributed by atoms with Gasteiger partial charge in [-0.2, -0.15) is 0 Å². The maximum atomic E-state index is 12.2. The quantitative estimate of drug-likeness (QED) is 0.367. The van der Waals surface area contributed by atoms with Gasteiger partial charge in [0, 0.05) is 37.0 Å². The molecule has 0 atom stereocenters. The largest absolute Gasteiger partial charge is 0.325 e. The van der Waals surface area contributed by atoms with Crippen LogP contribution in [0.2, 0.25) is 0 Å². The number of aromatic nitrogens is 2. The number of nitrogens with zero attached hydrogens (tertiary/aromatic N) is 3. The van der Waals surface area contributed by atoms with E-state index in [0.29, 0.717) is 15.7 Å². The number of fused-ring (bicyclic) bond motifs is 1. The van der Waals surface area contributed by atoms with E-state index in [9.17, 15) is 19.7 Å². The fraction of sp³-hybridized carbons (Fsp3) is 0.267. The molecule has 0 spiro atoms. The van der Waals surface area contributed by atoms with Crippen LogP contribution in [0.5, 0.6) is 0 Å². The molecule has 0 unspecified atom stereocenters. The van der Waals surface area contributed by atoms with Gasteiger partial charge >= 0.3 is 0 Å². The molecule has 1 N–H and O–H groups in total. The van der Waals surface area contributed by atoms with Gasteiger partial charge < -0.3 is 5.32 Å². The summed E-state index contributed by atoms with van der Waals surface area (Å²) in [5.41, 5.74) is 0.960. The molecule has 0 radical (unpaired) electrons. The molecule has 25 heavy (non-hydrogen) atoms. The maximum absolute atomic E-state index is 12.2. The predicted molar refractivity (Wildman–Crippen MR) is 96.4 cm³/mol. The number of nitro groups is 1. The molecule has 0 saturated heterocycles. The number of hydrogen-bond acceptors (Lipinski definition) is 7. The Balaban J connectivity index is 1.67. The average Bonchev–Trinajstić information content (AvgIpc) is 3.05. The molecule has 1 aliphatic heterocycles. The van der Waals surface area contributed by atoms with Crippen molar-refractivity contribution in [2.24, 2.45) is 7.05 Å². The summed E-state index contributed by atoms with van der Waals surface area (Å²) < 4.78 is 1.45. The van der Waals surface area contributed by atoms with Crippen molar-refractivity contribution in [3.05, 3.63) is 50.4 Å². The summed E-state index contributed by atoms with van der Waals surface area (Å²) in [6.07, 6.45) is 0.753. The Morgan fingerprint density at radius 1 is 1.52 bits per heavy atom. The van der Waals surface area contributed by atoms with E-state index in [0.717, 1.165) is 29.6 Å². The van der Waals surface area contributed by atoms with E-state index < -0.39 is 4.92 Å². The molecular formula is C15H14N4O4S2. The number of carbonyl (C=O) groups excluding carboxylic acids is 1. The maximum Gasteiger partial charge on any atom is 0.271 e. The van der Waals surface area contributed by atoms with Gasteiger partial charge in [0.25, 0.3) is 11.2 Å². The van der Waals surface area contributed by atoms with Gasteiger partial charge in [0.05, 0.1) is 21.3 Å². The number of hydrogen-bond donors (Lipinski definition) is 1. The lowest BCUT2D eigenvalue weighted by atomic mass is 10.3. The highest BCUT2D eigenvalue weighted by Gasteiger charge is 2.20. The molecule has 8 nitrogen and oxygen atoms in total. The molecule has 2 aromatic rings. The van der Waals surface area contributed by atoms with Crippen molar-refractivity contribution in [1.82, 2.24) is 9.55 Å². The van der Waals surface area contributed by atoms with Gasteiger partial charge in [-0.05, 0) is 6.07 Å². The summed E-state index contributed by atoms with van der Waals surface area (Å²) in [4.78, 5) is 39.7. The number of rotatable bonds is 5. The molecule has 1 aromatic carbocycles. The van der Waals surface area contributed by atoms with Gasteiger partial charge in [-0.25, -0.2) is 4.98 Å². The number of aryl methyl sites for hydroxylation is 1. The number of benzene rings is 1. The van der Waals surface area contributed by atoms with E-state index in [-0.39, 0.29) is 22.9 Å². The molecule has 3 rings (SSSR count). The van der Waals surface area contributed by atoms with Gasteiger partial charge in [0.2, 0.25) is 5.91 Å². The minimum absolute atomic E-state index is 0.0505. The van der Waals surface area contributed by atoms with Crippen LogP contribution in [0.25, 0.3) is 0 Å². The molecule has 0 fully saturated rings. The first-order chi connectivity index (χ1) is 12.0. The van der Waals surface area contributed by atoms with Crippen LogP contribution in [0.15, 0.2) is 39.1 Å². The third kappa shape index (κ3) is 3.85. The molecular weight excluding hydrogens is 364 g/mol. The number of carbonyl (C=O) groups is 1. The van der Waals surface area contributed by atoms with Crippen molar-refractivity contribution in [2.45, 2.75) is 16.5 Å². The lowest BCUT2D eigenvalue weighted by Crippen LogP contribution is -2.23. The fourth-order valence-corrected chi connectivity index (χ4v) is 4.18. The van der Waals surface area contributed by atoms with Gasteiger partial charge in [0.15, 0.2) is 5.16 Å². The van der Waals surface area contributed by atoms with E-state index in [1.165, 1.54) is 34.5 Å². The highest BCUT2D eigenvalue weighted by Crippen LogP contribution is 2.28. The first kappa shape index (κ1) is 17.5. The van der Waals surface area contributed by atoms with E-state index in [2.05, 4.69) is 10.3 Å². The second-order valence-electron chi connectivity index (χ2n) is 5.28. The summed E-state index contributed by atoms with van der Waals surface area (Å²) in [5, 5.41) is 13.9. The minimum atomic E-state index is -0.521. The molecule has 2 heterocycles. The van der Waals surface area contributed by atoms with Crippen LogP contribution >= 0.6 is 23.5 Å². The number of amides is 1. The molecule has 1 aliphatic rings. The highest BCUT2D eigenvalue weighted by molar-refractivity contribution is 8.00. The smallest absolute Gasteiger partial charge is 0.271 e. The molecule has 1 amide bonds. The lowest BCUT2D eigenvalue weighted by Gasteiger charge is -2.09. The molecule has 0 bridgehead atoms. The third-order valence-electron chi connectivity index (χ3n) is 3.54. The summed E-state index contributed by atoms with van der Waals surface area (Å²) in [6.45, 7) is 0. The summed E-state index contributed by atoms with van der Waals surface area (Å²) >= 11 is 2.67. The SMILES string of the molecule is Cn1c(SCC(=O)Nc2cccc([N+](=O)[O-])c2)nc2c(c1=O)SCC2. The zero-order chi connectivity index (χ0) is 18.0. The standard InChI is InChI=1S/C15H14N4O4S2/c1-18-14(21)13-11(5-6-24-13)17-15(18)25-8-12(20)16-9-3-2-4-10(7-9)19(22)23/h2-4,7H,5-6,8H2,1H3,(H,16,20). The van der Waals surface area contributed by atoms with Crippen LogP contribution in [-0.2, 0) is 18.3 Å². The van der Waals surface area contributed by atoms with Crippen LogP contribution in [0.3, 0.4) is 0 Å². The number of thioether (sulfide) groups is 2. The van der Waals surface area contributed by atoms with Crippen molar-refractivity contribution in [1.29, 1.82) is 0 Å². The monoisotopic (exact) mass is 378 g/mol. The summed E-state index contributed by atoms with van der Waals surface area (Å²) in [7, 11) is 1.63. The minimum Gasteiger partial charge on any atom is -0.325 e. The topological polar surface area (TPSA) is 107 Å². The van der Waals surface area contributed by atoms with Crippen LogP contribution in [0.4, 0.5) is 11.4 Å². The van der Waals surface area contributed by atoms with Crippen molar-refractivity contribution in [3.63, 3.8) is 0 Å². The van der Waals surface area contributed by atoms with Crippen molar-refractivity contribution < 1.29 is 9.72 Å². The normalized spacial score (nSPS) is 12.7.